The lowest BCUT2D eigenvalue weighted by Crippen LogP contribution is -1.94. The fourth-order valence-corrected chi connectivity index (χ4v) is 1.87. The predicted octanol–water partition coefficient (Wildman–Crippen LogP) is 3.44. The van der Waals surface area contributed by atoms with Gasteiger partial charge < -0.3 is 4.74 Å². The largest absolute Gasteiger partial charge is 0.497 e. The number of carbonyl (C=O) groups excluding carboxylic acids is 1. The first kappa shape index (κ1) is 12.8. The maximum atomic E-state index is 11.4. The molecule has 0 heterocycles. The van der Waals surface area contributed by atoms with Gasteiger partial charge in [-0.15, -0.1) is 0 Å². The summed E-state index contributed by atoms with van der Waals surface area (Å²) >= 11 is 0. The van der Waals surface area contributed by atoms with E-state index in [1.807, 2.05) is 24.3 Å². The zero-order valence-electron chi connectivity index (χ0n) is 10.8. The zero-order valence-corrected chi connectivity index (χ0v) is 10.8. The second-order valence-corrected chi connectivity index (χ2v) is 4.16. The zero-order chi connectivity index (χ0) is 13.8. The van der Waals surface area contributed by atoms with Gasteiger partial charge in [-0.05, 0) is 36.8 Å². The number of nitrogens with zero attached hydrogens (tertiary/aromatic N) is 1. The van der Waals surface area contributed by atoms with Crippen LogP contribution in [0.4, 0.5) is 0 Å². The Morgan fingerprint density at radius 3 is 2.37 bits per heavy atom. The van der Waals surface area contributed by atoms with E-state index in [9.17, 15) is 4.79 Å². The molecule has 0 unspecified atom stereocenters. The number of ketones is 1. The molecule has 0 saturated heterocycles. The van der Waals surface area contributed by atoms with Crippen molar-refractivity contribution in [2.75, 3.05) is 7.11 Å². The first-order valence-electron chi connectivity index (χ1n) is 5.85. The lowest BCUT2D eigenvalue weighted by atomic mass is 9.97. The standard InChI is InChI=1S/C16H13NO2/c1-11(18)13-3-4-14(10-17)16(9-13)12-5-7-15(19-2)8-6-12/h3-9H,1-2H3. The van der Waals surface area contributed by atoms with Crippen molar-refractivity contribution >= 4 is 5.78 Å². The minimum atomic E-state index is -0.0146. The predicted molar refractivity (Wildman–Crippen MR) is 73.1 cm³/mol. The van der Waals surface area contributed by atoms with Crippen LogP contribution in [0.25, 0.3) is 11.1 Å². The van der Waals surface area contributed by atoms with E-state index >= 15 is 0 Å². The Hall–Kier alpha value is -2.60. The third kappa shape index (κ3) is 2.63. The highest BCUT2D eigenvalue weighted by Gasteiger charge is 2.08. The number of hydrogen-bond acceptors (Lipinski definition) is 3. The van der Waals surface area contributed by atoms with Crippen molar-refractivity contribution < 1.29 is 9.53 Å². The van der Waals surface area contributed by atoms with Gasteiger partial charge in [-0.2, -0.15) is 5.26 Å². The number of benzene rings is 2. The van der Waals surface area contributed by atoms with Crippen molar-refractivity contribution in [3.63, 3.8) is 0 Å². The van der Waals surface area contributed by atoms with Crippen molar-refractivity contribution in [3.05, 3.63) is 53.6 Å². The molecule has 2 aromatic carbocycles. The van der Waals surface area contributed by atoms with Gasteiger partial charge in [0.05, 0.1) is 18.7 Å². The van der Waals surface area contributed by atoms with Gasteiger partial charge in [0.15, 0.2) is 5.78 Å². The molecule has 0 saturated carbocycles. The van der Waals surface area contributed by atoms with E-state index in [-0.39, 0.29) is 5.78 Å². The third-order valence-electron chi connectivity index (χ3n) is 2.95. The molecule has 0 amide bonds. The Labute approximate surface area is 112 Å². The number of nitriles is 1. The van der Waals surface area contributed by atoms with E-state index in [1.54, 1.807) is 25.3 Å². The van der Waals surface area contributed by atoms with Gasteiger partial charge in [0.1, 0.15) is 5.75 Å². The summed E-state index contributed by atoms with van der Waals surface area (Å²) < 4.78 is 5.10. The summed E-state index contributed by atoms with van der Waals surface area (Å²) in [6.07, 6.45) is 0. The number of rotatable bonds is 3. The summed E-state index contributed by atoms with van der Waals surface area (Å²) in [4.78, 5) is 11.4. The molecule has 3 nitrogen and oxygen atoms in total. The van der Waals surface area contributed by atoms with E-state index < -0.39 is 0 Å². The van der Waals surface area contributed by atoms with E-state index in [2.05, 4.69) is 6.07 Å². The van der Waals surface area contributed by atoms with Crippen LogP contribution in [0.2, 0.25) is 0 Å². The van der Waals surface area contributed by atoms with Crippen LogP contribution in [0, 0.1) is 11.3 Å². The molecule has 0 aromatic heterocycles. The van der Waals surface area contributed by atoms with Crippen LogP contribution in [-0.4, -0.2) is 12.9 Å². The minimum absolute atomic E-state index is 0.0146. The molecule has 3 heteroatoms. The first-order valence-corrected chi connectivity index (χ1v) is 5.85. The number of Topliss-reactive ketones (excluding diaryl/α,β-unsaturated/α-hetero) is 1. The molecule has 0 aliphatic carbocycles. The first-order chi connectivity index (χ1) is 9.15. The topological polar surface area (TPSA) is 50.1 Å². The molecule has 0 bridgehead atoms. The molecular formula is C16H13NO2. The summed E-state index contributed by atoms with van der Waals surface area (Å²) in [5.74, 6) is 0.740. The van der Waals surface area contributed by atoms with Crippen LogP contribution in [-0.2, 0) is 0 Å². The van der Waals surface area contributed by atoms with Crippen LogP contribution in [0.1, 0.15) is 22.8 Å². The van der Waals surface area contributed by atoms with Crippen LogP contribution < -0.4 is 4.74 Å². The highest BCUT2D eigenvalue weighted by molar-refractivity contribution is 5.95. The number of hydrogen-bond donors (Lipinski definition) is 0. The van der Waals surface area contributed by atoms with Crippen LogP contribution in [0.15, 0.2) is 42.5 Å². The second kappa shape index (κ2) is 5.36. The molecule has 94 valence electrons. The smallest absolute Gasteiger partial charge is 0.159 e. The fourth-order valence-electron chi connectivity index (χ4n) is 1.87. The number of ether oxygens (including phenoxy) is 1. The van der Waals surface area contributed by atoms with Crippen molar-refractivity contribution in [1.82, 2.24) is 0 Å². The molecule has 0 aliphatic heterocycles. The summed E-state index contributed by atoms with van der Waals surface area (Å²) in [6, 6.07) is 14.7. The summed E-state index contributed by atoms with van der Waals surface area (Å²) in [7, 11) is 1.60. The lowest BCUT2D eigenvalue weighted by molar-refractivity contribution is 0.101. The van der Waals surface area contributed by atoms with E-state index in [0.29, 0.717) is 11.1 Å². The third-order valence-corrected chi connectivity index (χ3v) is 2.95. The summed E-state index contributed by atoms with van der Waals surface area (Å²) in [5, 5.41) is 9.15. The highest BCUT2D eigenvalue weighted by Crippen LogP contribution is 2.26. The van der Waals surface area contributed by atoms with Crippen molar-refractivity contribution in [1.29, 1.82) is 5.26 Å². The Balaban J connectivity index is 2.55. The van der Waals surface area contributed by atoms with E-state index in [1.165, 1.54) is 6.92 Å². The SMILES string of the molecule is COc1ccc(-c2cc(C(C)=O)ccc2C#N)cc1. The van der Waals surface area contributed by atoms with Crippen molar-refractivity contribution in [2.24, 2.45) is 0 Å². The quantitative estimate of drug-likeness (QED) is 0.785. The molecule has 0 fully saturated rings. The highest BCUT2D eigenvalue weighted by atomic mass is 16.5. The lowest BCUT2D eigenvalue weighted by Gasteiger charge is -2.07. The molecule has 0 atom stereocenters. The van der Waals surface area contributed by atoms with Gasteiger partial charge in [-0.3, -0.25) is 4.79 Å². The van der Waals surface area contributed by atoms with Gasteiger partial charge in [0.2, 0.25) is 0 Å². The Morgan fingerprint density at radius 1 is 1.16 bits per heavy atom. The number of methoxy groups -OCH3 is 1. The van der Waals surface area contributed by atoms with Crippen LogP contribution in [0.5, 0.6) is 5.75 Å². The molecule has 19 heavy (non-hydrogen) atoms. The minimum Gasteiger partial charge on any atom is -0.497 e. The fraction of sp³-hybridized carbons (Fsp3) is 0.125. The summed E-state index contributed by atoms with van der Waals surface area (Å²) in [6.45, 7) is 1.51. The van der Waals surface area contributed by atoms with Crippen molar-refractivity contribution in [3.8, 4) is 22.9 Å². The normalized spacial score (nSPS) is 9.74. The van der Waals surface area contributed by atoms with Gasteiger partial charge in [0.25, 0.3) is 0 Å². The van der Waals surface area contributed by atoms with Crippen LogP contribution in [0.3, 0.4) is 0 Å². The average Bonchev–Trinajstić information content (AvgIpc) is 2.46. The molecule has 0 aliphatic rings. The summed E-state index contributed by atoms with van der Waals surface area (Å²) in [5.41, 5.74) is 2.80. The van der Waals surface area contributed by atoms with Crippen molar-refractivity contribution in [2.45, 2.75) is 6.92 Å². The maximum Gasteiger partial charge on any atom is 0.159 e. The van der Waals surface area contributed by atoms with Crippen LogP contribution >= 0.6 is 0 Å². The van der Waals surface area contributed by atoms with E-state index in [0.717, 1.165) is 16.9 Å². The second-order valence-electron chi connectivity index (χ2n) is 4.16. The molecule has 0 N–H and O–H groups in total. The van der Waals surface area contributed by atoms with Gasteiger partial charge in [0, 0.05) is 11.1 Å². The Bertz CT molecular complexity index is 651. The monoisotopic (exact) mass is 251 g/mol. The van der Waals surface area contributed by atoms with E-state index in [4.69, 9.17) is 10.00 Å². The Kier molecular flexibility index (Phi) is 3.63. The average molecular weight is 251 g/mol. The molecule has 0 radical (unpaired) electrons. The molecule has 2 rings (SSSR count). The van der Waals surface area contributed by atoms with Gasteiger partial charge in [-0.1, -0.05) is 18.2 Å². The molecular weight excluding hydrogens is 238 g/mol. The maximum absolute atomic E-state index is 11.4. The number of carbonyl (C=O) groups is 1. The Morgan fingerprint density at radius 2 is 1.84 bits per heavy atom. The molecule has 2 aromatic rings. The molecule has 0 spiro atoms. The van der Waals surface area contributed by atoms with Gasteiger partial charge in [-0.25, -0.2) is 0 Å². The van der Waals surface area contributed by atoms with Gasteiger partial charge >= 0.3 is 0 Å².